The number of anilines is 2. The predicted octanol–water partition coefficient (Wildman–Crippen LogP) is 4.09. The number of carboxylic acid groups (broad SMARTS) is 1. The summed E-state index contributed by atoms with van der Waals surface area (Å²) >= 11 is 6.71. The van der Waals surface area contributed by atoms with Gasteiger partial charge in [0.15, 0.2) is 0 Å². The molecule has 0 unspecified atom stereocenters. The van der Waals surface area contributed by atoms with Crippen molar-refractivity contribution >= 4 is 40.0 Å². The number of benzene rings is 2. The maximum Gasteiger partial charge on any atom is 0.407 e. The smallest absolute Gasteiger partial charge is 0.407 e. The summed E-state index contributed by atoms with van der Waals surface area (Å²) in [5.74, 6) is 0.794. The molecule has 45 heavy (non-hydrogen) atoms. The van der Waals surface area contributed by atoms with E-state index in [1.165, 1.54) is 4.90 Å². The third kappa shape index (κ3) is 5.83. The first-order chi connectivity index (χ1) is 21.8. The van der Waals surface area contributed by atoms with E-state index >= 15 is 0 Å². The van der Waals surface area contributed by atoms with E-state index in [0.29, 0.717) is 38.8 Å². The van der Waals surface area contributed by atoms with Crippen molar-refractivity contribution in [3.8, 4) is 12.1 Å². The van der Waals surface area contributed by atoms with Crippen molar-refractivity contribution in [1.29, 1.82) is 5.26 Å². The molecule has 1 amide bonds. The molecule has 0 radical (unpaired) electrons. The largest absolute Gasteiger partial charge is 0.465 e. The van der Waals surface area contributed by atoms with Gasteiger partial charge < -0.3 is 29.4 Å². The standard InChI is InChI=1S/C33H39ClN8O3/c1-38-14-17-41(18-15-38)33(10-11-33)22-45-31-36-27-21-39(28-7-3-5-23-4-2-6-26(34)29(23)28)13-9-25(27)30(37-31)40-16-19-42(32(43)44)24(20-40)8-12-35/h2-7,24H,8-11,13-22H2,1H3,(H,43,44)/t24-/m0/s1. The van der Waals surface area contributed by atoms with Crippen molar-refractivity contribution in [2.24, 2.45) is 0 Å². The molecule has 1 aliphatic carbocycles. The maximum absolute atomic E-state index is 11.9. The summed E-state index contributed by atoms with van der Waals surface area (Å²) in [6, 6.07) is 14.3. The summed E-state index contributed by atoms with van der Waals surface area (Å²) in [7, 11) is 2.17. The van der Waals surface area contributed by atoms with E-state index in [2.05, 4.69) is 57.0 Å². The van der Waals surface area contributed by atoms with Crippen molar-refractivity contribution in [3.63, 3.8) is 0 Å². The Morgan fingerprint density at radius 1 is 1.07 bits per heavy atom. The van der Waals surface area contributed by atoms with E-state index in [0.717, 1.165) is 90.5 Å². The van der Waals surface area contributed by atoms with E-state index in [1.807, 2.05) is 12.1 Å². The fourth-order valence-corrected chi connectivity index (χ4v) is 7.49. The summed E-state index contributed by atoms with van der Waals surface area (Å²) < 4.78 is 6.47. The third-order valence-electron chi connectivity index (χ3n) is 10.0. The van der Waals surface area contributed by atoms with E-state index in [1.54, 1.807) is 0 Å². The Labute approximate surface area is 268 Å². The normalized spacial score (nSPS) is 21.8. The zero-order chi connectivity index (χ0) is 31.1. The molecule has 12 heteroatoms. The fourth-order valence-electron chi connectivity index (χ4n) is 7.22. The summed E-state index contributed by atoms with van der Waals surface area (Å²) in [6.45, 7) is 7.26. The fraction of sp³-hybridized carbons (Fsp3) is 0.515. The quantitative estimate of drug-likeness (QED) is 0.410. The van der Waals surface area contributed by atoms with Gasteiger partial charge >= 0.3 is 12.1 Å². The van der Waals surface area contributed by atoms with Gasteiger partial charge in [-0.1, -0.05) is 35.9 Å². The highest BCUT2D eigenvalue weighted by molar-refractivity contribution is 6.36. The highest BCUT2D eigenvalue weighted by atomic mass is 35.5. The molecule has 2 saturated heterocycles. The zero-order valence-electron chi connectivity index (χ0n) is 25.7. The molecule has 1 atom stereocenters. The van der Waals surface area contributed by atoms with Crippen LogP contribution in [0.2, 0.25) is 5.02 Å². The third-order valence-corrected chi connectivity index (χ3v) is 10.3. The molecule has 1 saturated carbocycles. The number of piperazine rings is 2. The number of nitriles is 1. The lowest BCUT2D eigenvalue weighted by Crippen LogP contribution is -2.55. The molecule has 1 aromatic heterocycles. The highest BCUT2D eigenvalue weighted by Crippen LogP contribution is 2.43. The lowest BCUT2D eigenvalue weighted by Gasteiger charge is -2.41. The van der Waals surface area contributed by atoms with Crippen LogP contribution < -0.4 is 14.5 Å². The molecule has 3 fully saturated rings. The molecule has 0 bridgehead atoms. The SMILES string of the molecule is CN1CCN(C2(COc3nc4c(c(N5CCN(C(=O)O)[C@@H](CC#N)C5)n3)CCN(c3cccc5cccc(Cl)c35)C4)CC2)CC1. The van der Waals surface area contributed by atoms with Crippen molar-refractivity contribution in [1.82, 2.24) is 24.7 Å². The molecular formula is C33H39ClN8O3. The number of hydrogen-bond acceptors (Lipinski definition) is 9. The molecule has 0 spiro atoms. The zero-order valence-corrected chi connectivity index (χ0v) is 26.4. The average molecular weight is 631 g/mol. The van der Waals surface area contributed by atoms with Crippen LogP contribution in [-0.4, -0.2) is 113 Å². The number of carbonyl (C=O) groups is 1. The van der Waals surface area contributed by atoms with Crippen LogP contribution in [-0.2, 0) is 13.0 Å². The molecular weight excluding hydrogens is 592 g/mol. The average Bonchev–Trinajstić information content (AvgIpc) is 3.84. The minimum Gasteiger partial charge on any atom is -0.465 e. The van der Waals surface area contributed by atoms with Gasteiger partial charge in [0.1, 0.15) is 12.4 Å². The van der Waals surface area contributed by atoms with Crippen LogP contribution in [0.15, 0.2) is 36.4 Å². The lowest BCUT2D eigenvalue weighted by atomic mass is 10.0. The summed E-state index contributed by atoms with van der Waals surface area (Å²) in [5, 5.41) is 22.1. The number of amides is 1. The van der Waals surface area contributed by atoms with Gasteiger partial charge in [0.25, 0.3) is 0 Å². The van der Waals surface area contributed by atoms with Crippen molar-refractivity contribution in [2.45, 2.75) is 43.8 Å². The summed E-state index contributed by atoms with van der Waals surface area (Å²) in [4.78, 5) is 32.7. The van der Waals surface area contributed by atoms with E-state index in [4.69, 9.17) is 26.3 Å². The second-order valence-corrected chi connectivity index (χ2v) is 13.2. The molecule has 4 aliphatic rings. The Balaban J connectivity index is 1.20. The van der Waals surface area contributed by atoms with Gasteiger partial charge in [0.2, 0.25) is 0 Å². The Bertz CT molecular complexity index is 1630. The van der Waals surface area contributed by atoms with Gasteiger partial charge in [-0.25, -0.2) is 4.79 Å². The molecule has 2 aromatic carbocycles. The second kappa shape index (κ2) is 12.2. The van der Waals surface area contributed by atoms with Crippen molar-refractivity contribution < 1.29 is 14.6 Å². The molecule has 236 valence electrons. The number of nitrogens with zero attached hydrogens (tertiary/aromatic N) is 8. The predicted molar refractivity (Wildman–Crippen MR) is 173 cm³/mol. The van der Waals surface area contributed by atoms with Crippen LogP contribution in [0.1, 0.15) is 30.5 Å². The van der Waals surface area contributed by atoms with E-state index in [9.17, 15) is 15.2 Å². The number of rotatable bonds is 7. The molecule has 3 aliphatic heterocycles. The summed E-state index contributed by atoms with van der Waals surface area (Å²) in [5.41, 5.74) is 3.08. The van der Waals surface area contributed by atoms with Crippen LogP contribution >= 0.6 is 11.6 Å². The number of aromatic nitrogens is 2. The molecule has 7 rings (SSSR count). The minimum atomic E-state index is -0.994. The molecule has 3 aromatic rings. The number of hydrogen-bond donors (Lipinski definition) is 1. The second-order valence-electron chi connectivity index (χ2n) is 12.8. The van der Waals surface area contributed by atoms with Gasteiger partial charge in [0.05, 0.1) is 41.3 Å². The van der Waals surface area contributed by atoms with Gasteiger partial charge in [-0.15, -0.1) is 0 Å². The van der Waals surface area contributed by atoms with E-state index < -0.39 is 12.1 Å². The highest BCUT2D eigenvalue weighted by Gasteiger charge is 2.49. The Hall–Kier alpha value is -3.85. The molecule has 11 nitrogen and oxygen atoms in total. The number of ether oxygens (including phenoxy) is 1. The first kappa shape index (κ1) is 29.8. The van der Waals surface area contributed by atoms with Gasteiger partial charge in [-0.05, 0) is 43.8 Å². The summed E-state index contributed by atoms with van der Waals surface area (Å²) in [6.07, 6.45) is 2.07. The Morgan fingerprint density at radius 2 is 1.84 bits per heavy atom. The van der Waals surface area contributed by atoms with E-state index in [-0.39, 0.29) is 12.0 Å². The minimum absolute atomic E-state index is 0.0391. The van der Waals surface area contributed by atoms with Gasteiger partial charge in [0, 0.05) is 69.0 Å². The first-order valence-electron chi connectivity index (χ1n) is 15.8. The monoisotopic (exact) mass is 630 g/mol. The number of halogens is 1. The van der Waals surface area contributed by atoms with Crippen LogP contribution in [0.3, 0.4) is 0 Å². The topological polar surface area (TPSA) is 112 Å². The Kier molecular flexibility index (Phi) is 8.06. The maximum atomic E-state index is 11.9. The number of fused-ring (bicyclic) bond motifs is 2. The molecule has 1 N–H and O–H groups in total. The van der Waals surface area contributed by atoms with Gasteiger partial charge in [-0.2, -0.15) is 15.2 Å². The molecule has 4 heterocycles. The van der Waals surface area contributed by atoms with Crippen LogP contribution in [0.4, 0.5) is 16.3 Å². The lowest BCUT2D eigenvalue weighted by molar-refractivity contribution is 0.0650. The van der Waals surface area contributed by atoms with Crippen LogP contribution in [0.5, 0.6) is 6.01 Å². The number of likely N-dealkylation sites (N-methyl/N-ethyl adjacent to an activating group) is 1. The first-order valence-corrected chi connectivity index (χ1v) is 16.2. The van der Waals surface area contributed by atoms with Crippen LogP contribution in [0, 0.1) is 11.3 Å². The van der Waals surface area contributed by atoms with Crippen LogP contribution in [0.25, 0.3) is 10.8 Å². The van der Waals surface area contributed by atoms with Crippen molar-refractivity contribution in [3.05, 3.63) is 52.7 Å². The Morgan fingerprint density at radius 3 is 2.58 bits per heavy atom. The van der Waals surface area contributed by atoms with Gasteiger partial charge in [-0.3, -0.25) is 4.90 Å². The van der Waals surface area contributed by atoms with Crippen molar-refractivity contribution in [2.75, 3.05) is 75.8 Å².